The third-order valence-electron chi connectivity index (χ3n) is 6.63. The number of carbonyl (C=O) groups excluding carboxylic acids is 1. The lowest BCUT2D eigenvalue weighted by atomic mass is 10.0. The summed E-state index contributed by atoms with van der Waals surface area (Å²) >= 11 is 0. The minimum Gasteiger partial charge on any atom is -0.478 e. The molecule has 1 amide bonds. The monoisotopic (exact) mass is 533 g/mol. The molecule has 1 heterocycles. The van der Waals surface area contributed by atoms with Crippen molar-refractivity contribution in [2.75, 3.05) is 5.32 Å². The second-order valence-electron chi connectivity index (χ2n) is 9.36. The van der Waals surface area contributed by atoms with E-state index in [2.05, 4.69) is 10.4 Å². The number of amides is 1. The number of benzene rings is 3. The Kier molecular flexibility index (Phi) is 6.78. The van der Waals surface area contributed by atoms with Crippen molar-refractivity contribution in [2.45, 2.75) is 31.5 Å². The third-order valence-corrected chi connectivity index (χ3v) is 6.63. The molecule has 1 aromatic heterocycles. The zero-order chi connectivity index (χ0) is 27.7. The molecule has 8 nitrogen and oxygen atoms in total. The van der Waals surface area contributed by atoms with Crippen molar-refractivity contribution >= 4 is 17.9 Å². The maximum absolute atomic E-state index is 14.7. The first-order valence-corrected chi connectivity index (χ1v) is 12.2. The molecule has 200 valence electrons. The molecule has 0 bridgehead atoms. The van der Waals surface area contributed by atoms with Gasteiger partial charge in [-0.3, -0.25) is 10.00 Å². The second-order valence-corrected chi connectivity index (χ2v) is 9.36. The Bertz CT molecular complexity index is 1510. The Morgan fingerprint density at radius 1 is 1.00 bits per heavy atom. The van der Waals surface area contributed by atoms with Gasteiger partial charge in [-0.25, -0.2) is 18.4 Å². The van der Waals surface area contributed by atoms with Gasteiger partial charge in [-0.2, -0.15) is 5.10 Å². The fourth-order valence-corrected chi connectivity index (χ4v) is 4.21. The van der Waals surface area contributed by atoms with E-state index in [4.69, 9.17) is 9.47 Å². The molecule has 1 aliphatic carbocycles. The molecular formula is C29H25F2N3O5. The normalized spacial score (nSPS) is 14.4. The summed E-state index contributed by atoms with van der Waals surface area (Å²) in [6, 6.07) is 18.4. The maximum atomic E-state index is 14.7. The summed E-state index contributed by atoms with van der Waals surface area (Å²) in [6.45, 7) is 1.78. The van der Waals surface area contributed by atoms with Crippen LogP contribution in [0.3, 0.4) is 0 Å². The van der Waals surface area contributed by atoms with Gasteiger partial charge in [-0.15, -0.1) is 0 Å². The van der Waals surface area contributed by atoms with E-state index in [0.717, 1.165) is 17.7 Å². The van der Waals surface area contributed by atoms with Crippen molar-refractivity contribution < 1.29 is 33.0 Å². The number of aryl methyl sites for hydroxylation is 1. The van der Waals surface area contributed by atoms with E-state index in [1.54, 1.807) is 44.4 Å². The largest absolute Gasteiger partial charge is 0.478 e. The van der Waals surface area contributed by atoms with Crippen molar-refractivity contribution in [3.05, 3.63) is 90.1 Å². The van der Waals surface area contributed by atoms with Crippen LogP contribution in [-0.2, 0) is 16.6 Å². The number of carbonyl (C=O) groups is 2. The van der Waals surface area contributed by atoms with Gasteiger partial charge in [-0.05, 0) is 41.3 Å². The van der Waals surface area contributed by atoms with Crippen LogP contribution in [0.15, 0.2) is 72.9 Å². The lowest BCUT2D eigenvalue weighted by Gasteiger charge is -2.16. The Morgan fingerprint density at radius 2 is 1.62 bits per heavy atom. The number of hydrogen-bond donors (Lipinski definition) is 2. The number of halogens is 2. The number of nitrogens with one attached hydrogen (secondary N) is 1. The first-order chi connectivity index (χ1) is 18.7. The third kappa shape index (κ3) is 5.31. The molecule has 4 aromatic rings. The molecule has 1 saturated carbocycles. The highest BCUT2D eigenvalue weighted by Gasteiger charge is 2.54. The molecule has 10 heteroatoms. The van der Waals surface area contributed by atoms with Crippen LogP contribution in [0, 0.1) is 11.6 Å². The number of aromatic nitrogens is 2. The molecule has 1 atom stereocenters. The molecule has 0 saturated heterocycles. The summed E-state index contributed by atoms with van der Waals surface area (Å²) in [5, 5.41) is 16.2. The van der Waals surface area contributed by atoms with E-state index in [9.17, 15) is 23.5 Å². The molecule has 5 rings (SSSR count). The summed E-state index contributed by atoms with van der Waals surface area (Å²) < 4.78 is 41.6. The molecule has 1 fully saturated rings. The summed E-state index contributed by atoms with van der Waals surface area (Å²) in [5.41, 5.74) is 1.40. The number of carboxylic acid groups (broad SMARTS) is 1. The van der Waals surface area contributed by atoms with E-state index in [1.165, 1.54) is 4.68 Å². The van der Waals surface area contributed by atoms with Crippen LogP contribution in [0.1, 0.15) is 31.4 Å². The lowest BCUT2D eigenvalue weighted by Crippen LogP contribution is -2.29. The summed E-state index contributed by atoms with van der Waals surface area (Å²) in [4.78, 5) is 23.9. The van der Waals surface area contributed by atoms with Crippen molar-refractivity contribution in [3.63, 3.8) is 0 Å². The number of aliphatic carboxylic acids is 1. The van der Waals surface area contributed by atoms with Crippen LogP contribution >= 0.6 is 0 Å². The second kappa shape index (κ2) is 10.2. The van der Waals surface area contributed by atoms with E-state index in [0.29, 0.717) is 22.5 Å². The fourth-order valence-electron chi connectivity index (χ4n) is 4.21. The smallest absolute Gasteiger partial charge is 0.413 e. The zero-order valence-corrected chi connectivity index (χ0v) is 21.2. The van der Waals surface area contributed by atoms with E-state index < -0.39 is 41.2 Å². The molecule has 1 aliphatic rings. The molecule has 0 radical (unpaired) electrons. The Morgan fingerprint density at radius 3 is 2.21 bits per heavy atom. The number of carboxylic acids is 1. The number of hydrogen-bond acceptors (Lipinski definition) is 5. The first-order valence-electron chi connectivity index (χ1n) is 12.2. The van der Waals surface area contributed by atoms with Crippen molar-refractivity contribution in [1.29, 1.82) is 0 Å². The highest BCUT2D eigenvalue weighted by molar-refractivity contribution is 5.90. The van der Waals surface area contributed by atoms with Crippen LogP contribution < -0.4 is 10.1 Å². The Hall–Kier alpha value is -4.73. The van der Waals surface area contributed by atoms with Gasteiger partial charge in [-0.1, -0.05) is 54.6 Å². The topological polar surface area (TPSA) is 103 Å². The van der Waals surface area contributed by atoms with E-state index in [-0.39, 0.29) is 18.4 Å². The molecule has 2 N–H and O–H groups in total. The molecule has 3 aromatic carbocycles. The van der Waals surface area contributed by atoms with E-state index >= 15 is 0 Å². The fraction of sp³-hybridized carbons (Fsp3) is 0.207. The van der Waals surface area contributed by atoms with Crippen LogP contribution in [0.2, 0.25) is 0 Å². The predicted octanol–water partition coefficient (Wildman–Crippen LogP) is 6.34. The Balaban J connectivity index is 1.32. The number of anilines is 1. The Labute approximate surface area is 222 Å². The van der Waals surface area contributed by atoms with Gasteiger partial charge in [0.2, 0.25) is 5.60 Å². The van der Waals surface area contributed by atoms with Crippen LogP contribution in [-0.4, -0.2) is 32.6 Å². The number of rotatable bonds is 8. The highest BCUT2D eigenvalue weighted by atomic mass is 19.1. The van der Waals surface area contributed by atoms with Crippen LogP contribution in [0.4, 0.5) is 19.4 Å². The minimum atomic E-state index is -1.56. The molecule has 0 aliphatic heterocycles. The summed E-state index contributed by atoms with van der Waals surface area (Å²) in [6.07, 6.45) is 0.877. The van der Waals surface area contributed by atoms with Gasteiger partial charge in [0, 0.05) is 25.5 Å². The minimum absolute atomic E-state index is 0.194. The van der Waals surface area contributed by atoms with Crippen molar-refractivity contribution in [3.8, 4) is 28.0 Å². The van der Waals surface area contributed by atoms with Crippen LogP contribution in [0.5, 0.6) is 5.75 Å². The highest BCUT2D eigenvalue weighted by Crippen LogP contribution is 2.43. The quantitative estimate of drug-likeness (QED) is 0.274. The lowest BCUT2D eigenvalue weighted by molar-refractivity contribution is -0.147. The first kappa shape index (κ1) is 25.9. The molecular weight excluding hydrogens is 508 g/mol. The van der Waals surface area contributed by atoms with Gasteiger partial charge in [0.05, 0.1) is 6.20 Å². The molecule has 39 heavy (non-hydrogen) atoms. The molecule has 0 spiro atoms. The van der Waals surface area contributed by atoms with Gasteiger partial charge in [0.25, 0.3) is 0 Å². The number of nitrogens with zero attached hydrogens (tertiary/aromatic N) is 2. The van der Waals surface area contributed by atoms with Gasteiger partial charge < -0.3 is 14.6 Å². The number of ether oxygens (including phenoxy) is 2. The van der Waals surface area contributed by atoms with Gasteiger partial charge in [0.1, 0.15) is 11.9 Å². The average Bonchev–Trinajstić information content (AvgIpc) is 3.64. The average molecular weight is 534 g/mol. The van der Waals surface area contributed by atoms with Gasteiger partial charge >= 0.3 is 12.1 Å². The van der Waals surface area contributed by atoms with Crippen molar-refractivity contribution in [1.82, 2.24) is 9.78 Å². The SMILES string of the molecule is C[C@@H](OC(=O)Nc1c(-c2ccc(-c3cc(F)c(OC4(C(=O)O)CC4)c(F)c3)cc2)cnn1C)c1ccccc1. The van der Waals surface area contributed by atoms with E-state index in [1.807, 2.05) is 30.3 Å². The molecule has 0 unspecified atom stereocenters. The summed E-state index contributed by atoms with van der Waals surface area (Å²) in [7, 11) is 1.68. The summed E-state index contributed by atoms with van der Waals surface area (Å²) in [5.74, 6) is -3.50. The standard InChI is InChI=1S/C29H25F2N3O5/c1-17(18-6-4-3-5-7-18)38-28(37)33-26-22(16-32-34(26)2)20-10-8-19(9-11-20)21-14-23(30)25(24(31)15-21)39-29(12-13-29)27(35)36/h3-11,14-17H,12-13H2,1-2H3,(H,33,37)(H,35,36)/t17-/m1/s1. The van der Waals surface area contributed by atoms with Crippen molar-refractivity contribution in [2.24, 2.45) is 7.05 Å². The predicted molar refractivity (Wildman–Crippen MR) is 139 cm³/mol. The van der Waals surface area contributed by atoms with Crippen LogP contribution in [0.25, 0.3) is 22.3 Å². The zero-order valence-electron chi connectivity index (χ0n) is 21.2. The maximum Gasteiger partial charge on any atom is 0.413 e. The van der Waals surface area contributed by atoms with Gasteiger partial charge in [0.15, 0.2) is 17.4 Å².